The van der Waals surface area contributed by atoms with Crippen LogP contribution in [0.3, 0.4) is 0 Å². The molecule has 0 heterocycles. The van der Waals surface area contributed by atoms with Crippen molar-refractivity contribution < 1.29 is 13.2 Å². The molecular formula is C22H24F3N3S. The van der Waals surface area contributed by atoms with Crippen molar-refractivity contribution in [1.82, 2.24) is 4.90 Å². The smallest absolute Gasteiger partial charge is 0.359 e. The number of rotatable bonds is 6. The second-order valence-electron chi connectivity index (χ2n) is 6.42. The van der Waals surface area contributed by atoms with Gasteiger partial charge in [-0.15, -0.1) is 12.6 Å². The highest BCUT2D eigenvalue weighted by atomic mass is 32.1. The molecular weight excluding hydrogens is 395 g/mol. The Hall–Kier alpha value is -2.54. The quantitative estimate of drug-likeness (QED) is 0.375. The van der Waals surface area contributed by atoms with Crippen LogP contribution >= 0.6 is 12.6 Å². The minimum atomic E-state index is -4.47. The molecule has 0 spiro atoms. The average Bonchev–Trinajstić information content (AvgIpc) is 2.67. The van der Waals surface area contributed by atoms with Gasteiger partial charge >= 0.3 is 6.18 Å². The summed E-state index contributed by atoms with van der Waals surface area (Å²) in [5.41, 5.74) is 2.95. The third kappa shape index (κ3) is 6.49. The summed E-state index contributed by atoms with van der Waals surface area (Å²) in [5, 5.41) is -0.275. The molecule has 154 valence electrons. The minimum Gasteiger partial charge on any atom is -0.359 e. The van der Waals surface area contributed by atoms with E-state index in [0.29, 0.717) is 0 Å². The highest BCUT2D eigenvalue weighted by molar-refractivity contribution is 7.81. The molecule has 1 aliphatic rings. The fraction of sp³-hybridized carbons (Fsp3) is 0.273. The van der Waals surface area contributed by atoms with Crippen molar-refractivity contribution in [2.45, 2.75) is 30.6 Å². The summed E-state index contributed by atoms with van der Waals surface area (Å²) < 4.78 is 37.4. The second kappa shape index (κ2) is 10.3. The summed E-state index contributed by atoms with van der Waals surface area (Å²) in [5.74, 6) is 0. The van der Waals surface area contributed by atoms with Crippen LogP contribution < -0.4 is 0 Å². The lowest BCUT2D eigenvalue weighted by molar-refractivity contribution is -0.0538. The molecule has 7 heteroatoms. The van der Waals surface area contributed by atoms with Crippen molar-refractivity contribution >= 4 is 31.3 Å². The lowest BCUT2D eigenvalue weighted by Crippen LogP contribution is -2.28. The summed E-state index contributed by atoms with van der Waals surface area (Å²) >= 11 is 4.76. The Kier molecular flexibility index (Phi) is 8.08. The molecule has 3 nitrogen and oxygen atoms in total. The predicted molar refractivity (Wildman–Crippen MR) is 119 cm³/mol. The van der Waals surface area contributed by atoms with Crippen molar-refractivity contribution in [2.75, 3.05) is 7.05 Å². The zero-order chi connectivity index (χ0) is 21.4. The molecule has 0 aliphatic heterocycles. The molecule has 0 radical (unpaired) electrons. The van der Waals surface area contributed by atoms with E-state index >= 15 is 0 Å². The van der Waals surface area contributed by atoms with Crippen LogP contribution in [0.15, 0.2) is 82.3 Å². The zero-order valence-corrected chi connectivity index (χ0v) is 17.2. The lowest BCUT2D eigenvalue weighted by Gasteiger charge is -2.30. The fourth-order valence-electron chi connectivity index (χ4n) is 2.96. The molecule has 1 aromatic carbocycles. The highest BCUT2D eigenvalue weighted by Gasteiger charge is 2.26. The Labute approximate surface area is 175 Å². The van der Waals surface area contributed by atoms with Crippen LogP contribution in [-0.4, -0.2) is 48.5 Å². The standard InChI is InChI=1S/C22H24F3N3S/c1-4-20(16-9-6-5-7-10-16)28(3)21(29)17-11-8-12-19(18(26-2)14-13-17)27-15-22(23,24)25/h4-15,18-19,21,29H,2H2,1,3H3/b12-8+,14-13-,17-11+,20-4-,27-15?. The number of alkyl halides is 3. The summed E-state index contributed by atoms with van der Waals surface area (Å²) in [6, 6.07) is 8.58. The van der Waals surface area contributed by atoms with Crippen molar-refractivity contribution in [3.63, 3.8) is 0 Å². The average molecular weight is 420 g/mol. The number of halogens is 3. The van der Waals surface area contributed by atoms with Gasteiger partial charge in [0, 0.05) is 12.7 Å². The number of hydrogen-bond acceptors (Lipinski definition) is 4. The highest BCUT2D eigenvalue weighted by Crippen LogP contribution is 2.27. The van der Waals surface area contributed by atoms with Gasteiger partial charge in [0.2, 0.25) is 0 Å². The normalized spacial score (nSPS) is 25.4. The monoisotopic (exact) mass is 419 g/mol. The molecule has 29 heavy (non-hydrogen) atoms. The van der Waals surface area contributed by atoms with E-state index in [4.69, 9.17) is 12.6 Å². The summed E-state index contributed by atoms with van der Waals surface area (Å²) in [6.45, 7) is 5.45. The number of hydrogen-bond donors (Lipinski definition) is 1. The van der Waals surface area contributed by atoms with Gasteiger partial charge in [0.1, 0.15) is 6.21 Å². The summed E-state index contributed by atoms with van der Waals surface area (Å²) in [4.78, 5) is 9.55. The maximum Gasteiger partial charge on any atom is 0.426 e. The first-order valence-corrected chi connectivity index (χ1v) is 9.54. The van der Waals surface area contributed by atoms with Gasteiger partial charge < -0.3 is 4.90 Å². The van der Waals surface area contributed by atoms with Gasteiger partial charge in [0.05, 0.1) is 17.5 Å². The first-order valence-electron chi connectivity index (χ1n) is 9.03. The Morgan fingerprint density at radius 1 is 1.21 bits per heavy atom. The van der Waals surface area contributed by atoms with Crippen LogP contribution in [0.25, 0.3) is 5.70 Å². The van der Waals surface area contributed by atoms with Crippen LogP contribution in [0.2, 0.25) is 0 Å². The zero-order valence-electron chi connectivity index (χ0n) is 16.3. The Bertz CT molecular complexity index is 839. The van der Waals surface area contributed by atoms with E-state index in [0.717, 1.165) is 16.8 Å². The van der Waals surface area contributed by atoms with Crippen LogP contribution in [0.4, 0.5) is 13.2 Å². The molecule has 0 aromatic heterocycles. The first kappa shape index (κ1) is 22.7. The van der Waals surface area contributed by atoms with Crippen molar-refractivity contribution in [1.29, 1.82) is 0 Å². The van der Waals surface area contributed by atoms with E-state index in [1.165, 1.54) is 0 Å². The van der Waals surface area contributed by atoms with Crippen molar-refractivity contribution in [3.05, 3.63) is 77.9 Å². The summed E-state index contributed by atoms with van der Waals surface area (Å²) in [7, 11) is 1.94. The number of likely N-dealkylation sites (N-methyl/N-ethyl adjacent to an activating group) is 1. The van der Waals surface area contributed by atoms with Crippen LogP contribution in [0.1, 0.15) is 12.5 Å². The number of allylic oxidation sites excluding steroid dienone is 3. The largest absolute Gasteiger partial charge is 0.426 e. The minimum absolute atomic E-state index is 0.00632. The van der Waals surface area contributed by atoms with E-state index in [1.807, 2.05) is 67.4 Å². The fourth-order valence-corrected chi connectivity index (χ4v) is 3.26. The van der Waals surface area contributed by atoms with Gasteiger partial charge in [0.25, 0.3) is 0 Å². The summed E-state index contributed by atoms with van der Waals surface area (Å²) in [6.07, 6.45) is 6.14. The molecule has 2 rings (SSSR count). The third-order valence-corrected chi connectivity index (χ3v) is 5.07. The molecule has 0 bridgehead atoms. The molecule has 3 unspecified atom stereocenters. The van der Waals surface area contributed by atoms with Crippen LogP contribution in [-0.2, 0) is 0 Å². The van der Waals surface area contributed by atoms with E-state index in [1.54, 1.807) is 18.2 Å². The van der Waals surface area contributed by atoms with E-state index in [9.17, 15) is 13.2 Å². The van der Waals surface area contributed by atoms with Crippen LogP contribution in [0, 0.1) is 0 Å². The van der Waals surface area contributed by atoms with Gasteiger partial charge in [-0.3, -0.25) is 9.98 Å². The molecule has 1 aliphatic carbocycles. The molecule has 0 saturated heterocycles. The Morgan fingerprint density at radius 3 is 2.48 bits per heavy atom. The predicted octanol–water partition coefficient (Wildman–Crippen LogP) is 5.36. The second-order valence-corrected chi connectivity index (χ2v) is 6.91. The number of thiol groups is 1. The Balaban J connectivity index is 2.26. The molecule has 0 saturated carbocycles. The number of nitrogens with zero attached hydrogens (tertiary/aromatic N) is 3. The molecule has 0 fully saturated rings. The van der Waals surface area contributed by atoms with E-state index in [-0.39, 0.29) is 11.6 Å². The van der Waals surface area contributed by atoms with Gasteiger partial charge in [-0.25, -0.2) is 0 Å². The molecule has 0 N–H and O–H groups in total. The van der Waals surface area contributed by atoms with Crippen molar-refractivity contribution in [2.24, 2.45) is 9.98 Å². The number of benzene rings is 1. The van der Waals surface area contributed by atoms with E-state index < -0.39 is 18.3 Å². The maximum atomic E-state index is 12.5. The third-order valence-electron chi connectivity index (χ3n) is 4.42. The maximum absolute atomic E-state index is 12.5. The van der Waals surface area contributed by atoms with Crippen LogP contribution in [0.5, 0.6) is 0 Å². The van der Waals surface area contributed by atoms with Gasteiger partial charge in [-0.1, -0.05) is 66.8 Å². The molecule has 0 amide bonds. The lowest BCUT2D eigenvalue weighted by atomic mass is 10.0. The topological polar surface area (TPSA) is 28.0 Å². The molecule has 1 aromatic rings. The molecule has 3 atom stereocenters. The SMILES string of the molecule is C=NC1\C=C/C(C(S)N(C)/C(=C\C)c2ccccc2)=C\C=C\C1N=CC(F)(F)F. The van der Waals surface area contributed by atoms with Gasteiger partial charge in [-0.05, 0) is 24.8 Å². The van der Waals surface area contributed by atoms with E-state index in [2.05, 4.69) is 16.7 Å². The Morgan fingerprint density at radius 2 is 1.90 bits per heavy atom. The van der Waals surface area contributed by atoms with Crippen molar-refractivity contribution in [3.8, 4) is 0 Å². The first-order chi connectivity index (χ1) is 13.8. The van der Waals surface area contributed by atoms with Gasteiger partial charge in [-0.2, -0.15) is 13.2 Å². The number of aliphatic imine (C=N–C) groups is 2. The van der Waals surface area contributed by atoms with Gasteiger partial charge in [0.15, 0.2) is 0 Å².